The lowest BCUT2D eigenvalue weighted by Gasteiger charge is -2.33. The number of halogens is 1. The molecule has 2 aliphatic rings. The van der Waals surface area contributed by atoms with E-state index in [1.54, 1.807) is 11.8 Å². The molecule has 25 heavy (non-hydrogen) atoms. The van der Waals surface area contributed by atoms with Gasteiger partial charge in [-0.05, 0) is 43.9 Å². The van der Waals surface area contributed by atoms with Crippen LogP contribution < -0.4 is 9.80 Å². The average Bonchev–Trinajstić information content (AvgIpc) is 2.98. The number of esters is 1. The Morgan fingerprint density at radius 1 is 1.32 bits per heavy atom. The van der Waals surface area contributed by atoms with Crippen molar-refractivity contribution in [2.75, 3.05) is 36.0 Å². The minimum Gasteiger partial charge on any atom is -0.466 e. The van der Waals surface area contributed by atoms with Crippen molar-refractivity contribution in [3.63, 3.8) is 0 Å². The van der Waals surface area contributed by atoms with Crippen LogP contribution in [-0.2, 0) is 14.3 Å². The van der Waals surface area contributed by atoms with E-state index in [0.29, 0.717) is 18.2 Å². The Hall–Kier alpha value is -1.75. The van der Waals surface area contributed by atoms with Gasteiger partial charge < -0.3 is 14.5 Å². The predicted molar refractivity (Wildman–Crippen MR) is 99.2 cm³/mol. The topological polar surface area (TPSA) is 49.9 Å². The molecule has 1 aromatic rings. The second-order valence-corrected chi connectivity index (χ2v) is 7.37. The molecule has 136 valence electrons. The molecular weight excluding hydrogens is 340 g/mol. The van der Waals surface area contributed by atoms with E-state index in [9.17, 15) is 9.59 Å². The third-order valence-electron chi connectivity index (χ3n) is 5.11. The van der Waals surface area contributed by atoms with Gasteiger partial charge in [-0.1, -0.05) is 18.5 Å². The number of anilines is 2. The van der Waals surface area contributed by atoms with Crippen LogP contribution in [0.2, 0.25) is 5.02 Å². The van der Waals surface area contributed by atoms with Crippen LogP contribution in [0.15, 0.2) is 18.2 Å². The standard InChI is InChI=1S/C19H25ClN2O3/c1-3-25-19(24)14-10-18(23)22(12-14)15-4-5-17(16(20)11-15)21-8-6-13(2)7-9-21/h4-5,11,13-14H,3,6-10,12H2,1-2H3. The normalized spacial score (nSPS) is 21.7. The van der Waals surface area contributed by atoms with E-state index in [1.165, 1.54) is 12.8 Å². The van der Waals surface area contributed by atoms with E-state index >= 15 is 0 Å². The highest BCUT2D eigenvalue weighted by molar-refractivity contribution is 6.33. The van der Waals surface area contributed by atoms with E-state index in [0.717, 1.165) is 30.4 Å². The molecule has 1 atom stereocenters. The molecule has 5 nitrogen and oxygen atoms in total. The Kier molecular flexibility index (Phi) is 5.52. The molecule has 0 N–H and O–H groups in total. The van der Waals surface area contributed by atoms with Crippen LogP contribution in [0.25, 0.3) is 0 Å². The highest BCUT2D eigenvalue weighted by atomic mass is 35.5. The zero-order chi connectivity index (χ0) is 18.0. The lowest BCUT2D eigenvalue weighted by Crippen LogP contribution is -2.33. The zero-order valence-corrected chi connectivity index (χ0v) is 15.6. The van der Waals surface area contributed by atoms with Crippen LogP contribution in [0.4, 0.5) is 11.4 Å². The number of carbonyl (C=O) groups is 2. The minimum absolute atomic E-state index is 0.0614. The smallest absolute Gasteiger partial charge is 0.311 e. The van der Waals surface area contributed by atoms with Crippen molar-refractivity contribution in [2.24, 2.45) is 11.8 Å². The maximum atomic E-state index is 12.3. The van der Waals surface area contributed by atoms with E-state index < -0.39 is 5.92 Å². The largest absolute Gasteiger partial charge is 0.466 e. The van der Waals surface area contributed by atoms with Gasteiger partial charge in [-0.2, -0.15) is 0 Å². The van der Waals surface area contributed by atoms with Crippen molar-refractivity contribution >= 4 is 34.9 Å². The first-order chi connectivity index (χ1) is 12.0. The molecule has 2 heterocycles. The van der Waals surface area contributed by atoms with Crippen LogP contribution in [-0.4, -0.2) is 38.1 Å². The van der Waals surface area contributed by atoms with Gasteiger partial charge in [0.05, 0.1) is 23.2 Å². The zero-order valence-electron chi connectivity index (χ0n) is 14.8. The SMILES string of the molecule is CCOC(=O)C1CC(=O)N(c2ccc(N3CCC(C)CC3)c(Cl)c2)C1. The van der Waals surface area contributed by atoms with Crippen molar-refractivity contribution in [1.29, 1.82) is 0 Å². The van der Waals surface area contributed by atoms with E-state index in [4.69, 9.17) is 16.3 Å². The lowest BCUT2D eigenvalue weighted by molar-refractivity contribution is -0.147. The summed E-state index contributed by atoms with van der Waals surface area (Å²) in [5, 5.41) is 0.652. The summed E-state index contributed by atoms with van der Waals surface area (Å²) in [6.07, 6.45) is 2.54. The number of ether oxygens (including phenoxy) is 1. The van der Waals surface area contributed by atoms with Gasteiger partial charge in [0.25, 0.3) is 0 Å². The van der Waals surface area contributed by atoms with Gasteiger partial charge in [-0.3, -0.25) is 9.59 Å². The Bertz CT molecular complexity index is 656. The summed E-state index contributed by atoms with van der Waals surface area (Å²) in [6.45, 7) is 6.75. The van der Waals surface area contributed by atoms with E-state index in [2.05, 4.69) is 11.8 Å². The van der Waals surface area contributed by atoms with Gasteiger partial charge in [-0.15, -0.1) is 0 Å². The van der Waals surface area contributed by atoms with Gasteiger partial charge in [0.2, 0.25) is 5.91 Å². The molecule has 0 radical (unpaired) electrons. The van der Waals surface area contributed by atoms with Gasteiger partial charge in [-0.25, -0.2) is 0 Å². The van der Waals surface area contributed by atoms with Crippen LogP contribution in [0.1, 0.15) is 33.1 Å². The highest BCUT2D eigenvalue weighted by Gasteiger charge is 2.36. The summed E-state index contributed by atoms with van der Waals surface area (Å²) in [5.74, 6) is 0.00276. The van der Waals surface area contributed by atoms with Gasteiger partial charge in [0.1, 0.15) is 0 Å². The maximum absolute atomic E-state index is 12.3. The summed E-state index contributed by atoms with van der Waals surface area (Å²) in [4.78, 5) is 28.1. The average molecular weight is 365 g/mol. The molecule has 0 bridgehead atoms. The molecule has 0 saturated carbocycles. The fraction of sp³-hybridized carbons (Fsp3) is 0.579. The molecular formula is C19H25ClN2O3. The second-order valence-electron chi connectivity index (χ2n) is 6.96. The van der Waals surface area contributed by atoms with E-state index in [-0.39, 0.29) is 18.3 Å². The monoisotopic (exact) mass is 364 g/mol. The predicted octanol–water partition coefficient (Wildman–Crippen LogP) is 3.49. The first-order valence-electron chi connectivity index (χ1n) is 9.01. The quantitative estimate of drug-likeness (QED) is 0.767. The number of piperidine rings is 1. The van der Waals surface area contributed by atoms with E-state index in [1.807, 2.05) is 18.2 Å². The van der Waals surface area contributed by atoms with Crippen LogP contribution in [0.3, 0.4) is 0 Å². The van der Waals surface area contributed by atoms with Crippen molar-refractivity contribution in [2.45, 2.75) is 33.1 Å². The van der Waals surface area contributed by atoms with Crippen molar-refractivity contribution in [3.8, 4) is 0 Å². The van der Waals surface area contributed by atoms with Gasteiger partial charge >= 0.3 is 5.97 Å². The summed E-state index contributed by atoms with van der Waals surface area (Å²) < 4.78 is 5.04. The molecule has 3 rings (SSSR count). The second kappa shape index (κ2) is 7.65. The van der Waals surface area contributed by atoms with Crippen LogP contribution in [0.5, 0.6) is 0 Å². The highest BCUT2D eigenvalue weighted by Crippen LogP contribution is 2.35. The minimum atomic E-state index is -0.394. The molecule has 1 aromatic carbocycles. The molecule has 1 unspecified atom stereocenters. The first-order valence-corrected chi connectivity index (χ1v) is 9.39. The molecule has 6 heteroatoms. The molecule has 0 spiro atoms. The molecule has 1 amide bonds. The number of nitrogens with zero attached hydrogens (tertiary/aromatic N) is 2. The fourth-order valence-corrected chi connectivity index (χ4v) is 3.84. The van der Waals surface area contributed by atoms with Crippen LogP contribution >= 0.6 is 11.6 Å². The summed E-state index contributed by atoms with van der Waals surface area (Å²) in [7, 11) is 0. The molecule has 2 aliphatic heterocycles. The molecule has 0 aromatic heterocycles. The van der Waals surface area contributed by atoms with Gasteiger partial charge in [0, 0.05) is 31.7 Å². The third-order valence-corrected chi connectivity index (χ3v) is 5.41. The maximum Gasteiger partial charge on any atom is 0.311 e. The van der Waals surface area contributed by atoms with Crippen molar-refractivity contribution in [1.82, 2.24) is 0 Å². The first kappa shape index (κ1) is 18.1. The number of rotatable bonds is 4. The van der Waals surface area contributed by atoms with Gasteiger partial charge in [0.15, 0.2) is 0 Å². The number of benzene rings is 1. The number of amides is 1. The third kappa shape index (κ3) is 3.92. The van der Waals surface area contributed by atoms with Crippen molar-refractivity contribution in [3.05, 3.63) is 23.2 Å². The summed E-state index contributed by atoms with van der Waals surface area (Å²) >= 11 is 6.50. The lowest BCUT2D eigenvalue weighted by atomic mass is 9.99. The number of hydrogen-bond donors (Lipinski definition) is 0. The Morgan fingerprint density at radius 2 is 2.04 bits per heavy atom. The number of hydrogen-bond acceptors (Lipinski definition) is 4. The van der Waals surface area contributed by atoms with Crippen LogP contribution in [0, 0.1) is 11.8 Å². The fourth-order valence-electron chi connectivity index (χ4n) is 3.54. The summed E-state index contributed by atoms with van der Waals surface area (Å²) in [6, 6.07) is 5.74. The molecule has 2 saturated heterocycles. The molecule has 2 fully saturated rings. The Labute approximate surface area is 153 Å². The Balaban J connectivity index is 1.72. The molecule has 0 aliphatic carbocycles. The van der Waals surface area contributed by atoms with Crippen molar-refractivity contribution < 1.29 is 14.3 Å². The Morgan fingerprint density at radius 3 is 2.68 bits per heavy atom. The summed E-state index contributed by atoms with van der Waals surface area (Å²) in [5.41, 5.74) is 1.77. The number of carbonyl (C=O) groups excluding carboxylic acids is 2.